The zero-order chi connectivity index (χ0) is 27.4. The van der Waals surface area contributed by atoms with Crippen LogP contribution in [0.4, 0.5) is 0 Å². The van der Waals surface area contributed by atoms with Crippen LogP contribution >= 0.6 is 0 Å². The van der Waals surface area contributed by atoms with E-state index in [2.05, 4.69) is 76.8 Å². The van der Waals surface area contributed by atoms with Gasteiger partial charge < -0.3 is 0 Å². The molecule has 3 aromatic carbocycles. The third kappa shape index (κ3) is 6.22. The van der Waals surface area contributed by atoms with Gasteiger partial charge in [-0.2, -0.15) is 0 Å². The van der Waals surface area contributed by atoms with Crippen molar-refractivity contribution in [2.24, 2.45) is 0 Å². The fourth-order valence-electron chi connectivity index (χ4n) is 4.43. The number of benzene rings is 3. The van der Waals surface area contributed by atoms with Crippen LogP contribution < -0.4 is 4.46 Å². The van der Waals surface area contributed by atoms with Crippen molar-refractivity contribution in [3.05, 3.63) is 115 Å². The van der Waals surface area contributed by atoms with Gasteiger partial charge >= 0.3 is 236 Å². The van der Waals surface area contributed by atoms with E-state index in [1.165, 1.54) is 4.46 Å². The fourth-order valence-corrected chi connectivity index (χ4v) is 8.01. The molecule has 1 amide bonds. The third-order valence-corrected chi connectivity index (χ3v) is 14.3. The maximum atomic E-state index is 14.4. The molecule has 0 unspecified atom stereocenters. The number of hydrogen-bond acceptors (Lipinski definition) is 3. The standard InChI is InChI=1S/C32H39NO3SeSi/c1-7-27(23-25-17-11-8-12-18-25)33-30(34)29(26-19-13-9-14-20-26)35-32(33,36-38(5,6)31(2,3)4)24-37-28-21-15-10-16-22-28/h7-22,27,29H,1,23-24H2,2-6H3/t27-,29+,32+/m1/s1. The zero-order valence-corrected chi connectivity index (χ0v) is 25.8. The van der Waals surface area contributed by atoms with Crippen molar-refractivity contribution < 1.29 is 14.0 Å². The van der Waals surface area contributed by atoms with Gasteiger partial charge in [-0.1, -0.05) is 0 Å². The summed E-state index contributed by atoms with van der Waals surface area (Å²) in [6, 6.07) is 30.2. The first-order chi connectivity index (χ1) is 18.1. The number of ether oxygens (including phenoxy) is 1. The molecule has 0 bridgehead atoms. The summed E-state index contributed by atoms with van der Waals surface area (Å²) in [6.07, 6.45) is 1.79. The molecule has 1 aliphatic rings. The molecule has 1 aliphatic heterocycles. The van der Waals surface area contributed by atoms with E-state index in [1.807, 2.05) is 65.6 Å². The van der Waals surface area contributed by atoms with Gasteiger partial charge in [0.25, 0.3) is 0 Å². The van der Waals surface area contributed by atoms with Gasteiger partial charge in [0.1, 0.15) is 0 Å². The Labute approximate surface area is 235 Å². The molecule has 1 heterocycles. The van der Waals surface area contributed by atoms with Crippen molar-refractivity contribution in [3.8, 4) is 0 Å². The normalized spacial score (nSPS) is 20.9. The molecular formula is C32H39NO3SeSi. The molecule has 1 fully saturated rings. The van der Waals surface area contributed by atoms with Gasteiger partial charge in [0.2, 0.25) is 0 Å². The molecule has 200 valence electrons. The monoisotopic (exact) mass is 593 g/mol. The molecule has 0 radical (unpaired) electrons. The predicted octanol–water partition coefficient (Wildman–Crippen LogP) is 6.51. The molecule has 1 saturated heterocycles. The van der Waals surface area contributed by atoms with Gasteiger partial charge in [-0.15, -0.1) is 0 Å². The Balaban J connectivity index is 1.82. The molecule has 4 rings (SSSR count). The van der Waals surface area contributed by atoms with E-state index in [0.717, 1.165) is 11.1 Å². The number of carbonyl (C=O) groups excluding carboxylic acids is 1. The maximum absolute atomic E-state index is 14.4. The topological polar surface area (TPSA) is 38.8 Å². The minimum atomic E-state index is -2.38. The van der Waals surface area contributed by atoms with E-state index < -0.39 is 20.3 Å². The molecule has 0 spiro atoms. The predicted molar refractivity (Wildman–Crippen MR) is 159 cm³/mol. The molecule has 38 heavy (non-hydrogen) atoms. The van der Waals surface area contributed by atoms with Crippen LogP contribution in [0.25, 0.3) is 0 Å². The SMILES string of the molecule is C=C[C@H](Cc1ccccc1)N1C(=O)[C@H](c2ccccc2)O[C@@]1(C[Se]c1ccccc1)O[Si](C)(C)C(C)(C)C. The van der Waals surface area contributed by atoms with Gasteiger partial charge in [0.15, 0.2) is 0 Å². The number of amides is 1. The Morgan fingerprint density at radius 2 is 1.55 bits per heavy atom. The average Bonchev–Trinajstić information content (AvgIpc) is 3.18. The molecule has 0 aromatic heterocycles. The van der Waals surface area contributed by atoms with E-state index in [1.54, 1.807) is 0 Å². The van der Waals surface area contributed by atoms with Gasteiger partial charge in [0, 0.05) is 0 Å². The number of rotatable bonds is 10. The van der Waals surface area contributed by atoms with Crippen LogP contribution in [-0.2, 0) is 20.4 Å². The second kappa shape index (κ2) is 11.7. The Kier molecular flexibility index (Phi) is 8.81. The first-order valence-corrected chi connectivity index (χ1v) is 18.1. The van der Waals surface area contributed by atoms with Crippen LogP contribution in [0.1, 0.15) is 38.0 Å². The van der Waals surface area contributed by atoms with Crippen LogP contribution in [-0.4, -0.2) is 46.0 Å². The Hall–Kier alpha value is -2.47. The molecular weight excluding hydrogens is 553 g/mol. The van der Waals surface area contributed by atoms with Crippen LogP contribution in [0.3, 0.4) is 0 Å². The van der Waals surface area contributed by atoms with Crippen LogP contribution in [0.15, 0.2) is 104 Å². The summed E-state index contributed by atoms with van der Waals surface area (Å²) in [5.74, 6) is -1.26. The summed E-state index contributed by atoms with van der Waals surface area (Å²) >= 11 is 0.0200. The number of hydrogen-bond donors (Lipinski definition) is 0. The van der Waals surface area contributed by atoms with E-state index in [4.69, 9.17) is 9.16 Å². The van der Waals surface area contributed by atoms with E-state index in [-0.39, 0.29) is 31.9 Å². The van der Waals surface area contributed by atoms with Crippen molar-refractivity contribution in [1.82, 2.24) is 4.90 Å². The average molecular weight is 593 g/mol. The van der Waals surface area contributed by atoms with Gasteiger partial charge in [-0.05, 0) is 0 Å². The number of carbonyl (C=O) groups is 1. The minimum absolute atomic E-state index is 0.0200. The summed E-state index contributed by atoms with van der Waals surface area (Å²) in [7, 11) is -2.38. The first-order valence-electron chi connectivity index (χ1n) is 13.2. The van der Waals surface area contributed by atoms with Crippen molar-refractivity contribution >= 4 is 33.6 Å². The first kappa shape index (κ1) is 28.5. The Morgan fingerprint density at radius 3 is 2.11 bits per heavy atom. The molecule has 4 nitrogen and oxygen atoms in total. The zero-order valence-electron chi connectivity index (χ0n) is 23.1. The van der Waals surface area contributed by atoms with Crippen molar-refractivity contribution in [2.75, 3.05) is 0 Å². The number of nitrogens with zero attached hydrogens (tertiary/aromatic N) is 1. The molecule has 0 aliphatic carbocycles. The second-order valence-corrected chi connectivity index (χ2v) is 18.2. The summed E-state index contributed by atoms with van der Waals surface area (Å²) in [6.45, 7) is 15.3. The molecule has 3 aromatic rings. The summed E-state index contributed by atoms with van der Waals surface area (Å²) in [5.41, 5.74) is 1.99. The molecule has 0 N–H and O–H groups in total. The van der Waals surface area contributed by atoms with Gasteiger partial charge in [-0.3, -0.25) is 0 Å². The Morgan fingerprint density at radius 1 is 1.00 bits per heavy atom. The summed E-state index contributed by atoms with van der Waals surface area (Å²) < 4.78 is 15.4. The van der Waals surface area contributed by atoms with Crippen LogP contribution in [0.2, 0.25) is 23.5 Å². The van der Waals surface area contributed by atoms with Crippen molar-refractivity contribution in [1.29, 1.82) is 0 Å². The molecule has 3 atom stereocenters. The van der Waals surface area contributed by atoms with Crippen LogP contribution in [0.5, 0.6) is 0 Å². The Bertz CT molecular complexity index is 1210. The van der Waals surface area contributed by atoms with Crippen molar-refractivity contribution in [3.63, 3.8) is 0 Å². The quantitative estimate of drug-likeness (QED) is 0.199. The van der Waals surface area contributed by atoms with E-state index >= 15 is 0 Å². The summed E-state index contributed by atoms with van der Waals surface area (Å²) in [5, 5.41) is 0.524. The third-order valence-electron chi connectivity index (χ3n) is 7.51. The fraction of sp³-hybridized carbons (Fsp3) is 0.344. The molecule has 0 saturated carbocycles. The van der Waals surface area contributed by atoms with E-state index in [9.17, 15) is 4.79 Å². The van der Waals surface area contributed by atoms with E-state index in [0.29, 0.717) is 11.7 Å². The van der Waals surface area contributed by atoms with Crippen LogP contribution in [0, 0.1) is 0 Å². The summed E-state index contributed by atoms with van der Waals surface area (Å²) in [4.78, 5) is 16.2. The van der Waals surface area contributed by atoms with Crippen molar-refractivity contribution in [2.45, 2.75) is 68.7 Å². The molecule has 6 heteroatoms. The van der Waals surface area contributed by atoms with Gasteiger partial charge in [0.05, 0.1) is 0 Å². The van der Waals surface area contributed by atoms with Gasteiger partial charge in [-0.25, -0.2) is 0 Å². The second-order valence-electron chi connectivity index (χ2n) is 11.3.